The van der Waals surface area contributed by atoms with Crippen molar-refractivity contribution in [2.45, 2.75) is 39.0 Å². The van der Waals surface area contributed by atoms with Crippen molar-refractivity contribution in [1.29, 1.82) is 0 Å². The number of benzene rings is 8. The monoisotopic (exact) mass is 807 g/mol. The molecule has 1 aromatic heterocycles. The highest BCUT2D eigenvalue weighted by Crippen LogP contribution is 2.57. The van der Waals surface area contributed by atoms with E-state index < -0.39 is 5.41 Å². The van der Waals surface area contributed by atoms with E-state index in [1.54, 1.807) is 0 Å². The second kappa shape index (κ2) is 14.2. The molecule has 2 nitrogen and oxygen atoms in total. The molecule has 3 aliphatic carbocycles. The molecule has 0 atom stereocenters. The Morgan fingerprint density at radius 3 is 1.95 bits per heavy atom. The summed E-state index contributed by atoms with van der Waals surface area (Å²) in [7, 11) is 0. The third-order valence-electron chi connectivity index (χ3n) is 13.5. The largest absolute Gasteiger partial charge is 0.456 e. The fourth-order valence-electron chi connectivity index (χ4n) is 10.9. The minimum Gasteiger partial charge on any atom is -0.456 e. The van der Waals surface area contributed by atoms with Gasteiger partial charge in [-0.1, -0.05) is 190 Å². The Labute approximate surface area is 368 Å². The maximum Gasteiger partial charge on any atom is 0.135 e. The second-order valence-corrected chi connectivity index (χ2v) is 18.1. The molecule has 8 aromatic carbocycles. The number of nitrogens with zero attached hydrogens (tertiary/aromatic N) is 1. The van der Waals surface area contributed by atoms with Crippen LogP contribution in [0.2, 0.25) is 0 Å². The number of allylic oxidation sites excluding steroid dienone is 1. The van der Waals surface area contributed by atoms with Crippen LogP contribution in [0.25, 0.3) is 55.8 Å². The van der Waals surface area contributed by atoms with Crippen LogP contribution in [-0.4, -0.2) is 0 Å². The van der Waals surface area contributed by atoms with Crippen LogP contribution in [0.3, 0.4) is 0 Å². The normalized spacial score (nSPS) is 14.6. The standard InChI is InChI=1S/C61H45NO/c1-60(2,3)51-36-38-54(47-27-13-12-25-45(47)51)62(55-37-33-40-19-10-11-24-44(40)58(55)49-29-18-32-57-59(49)48-28-15-17-31-56(48)63-57)43-34-35-53-50(39-43)46-26-14-16-30-52(46)61(53,41-20-6-4-7-21-41)42-22-8-5-9-23-42/h4-17,19-28,30-35,37,39H,18,29H2,1-3H3. The first-order valence-corrected chi connectivity index (χ1v) is 22.2. The second-order valence-electron chi connectivity index (χ2n) is 18.1. The average Bonchev–Trinajstić information content (AvgIpc) is 3.86. The molecule has 0 saturated carbocycles. The van der Waals surface area contributed by atoms with Crippen LogP contribution in [0.4, 0.5) is 11.4 Å². The van der Waals surface area contributed by atoms with Crippen molar-refractivity contribution >= 4 is 56.0 Å². The molecule has 9 aromatic rings. The van der Waals surface area contributed by atoms with E-state index in [2.05, 4.69) is 231 Å². The summed E-state index contributed by atoms with van der Waals surface area (Å²) in [6.07, 6.45) is 4.05. The van der Waals surface area contributed by atoms with E-state index in [4.69, 9.17) is 4.42 Å². The van der Waals surface area contributed by atoms with Gasteiger partial charge in [-0.3, -0.25) is 0 Å². The van der Waals surface area contributed by atoms with Crippen molar-refractivity contribution in [3.8, 4) is 11.1 Å². The zero-order valence-corrected chi connectivity index (χ0v) is 35.7. The molecule has 0 aliphatic heterocycles. The molecule has 300 valence electrons. The first kappa shape index (κ1) is 37.2. The maximum atomic E-state index is 6.60. The molecule has 2 heteroatoms. The Bertz CT molecular complexity index is 3530. The van der Waals surface area contributed by atoms with Crippen molar-refractivity contribution < 1.29 is 4.42 Å². The minimum atomic E-state index is -0.500. The van der Waals surface area contributed by atoms with Gasteiger partial charge in [0.15, 0.2) is 0 Å². The minimum absolute atomic E-state index is 0.129. The molecule has 63 heavy (non-hydrogen) atoms. The van der Waals surface area contributed by atoms with E-state index >= 15 is 0 Å². The predicted octanol–water partition coefficient (Wildman–Crippen LogP) is 14.1. The highest BCUT2D eigenvalue weighted by atomic mass is 16.3. The Balaban J connectivity index is 1.21. The fourth-order valence-corrected chi connectivity index (χ4v) is 10.9. The molecule has 0 spiro atoms. The quantitative estimate of drug-likeness (QED) is 0.156. The molecule has 1 heterocycles. The summed E-state index contributed by atoms with van der Waals surface area (Å²) < 4.78 is 6.60. The molecule has 0 unspecified atom stereocenters. The zero-order valence-electron chi connectivity index (χ0n) is 35.7. The zero-order chi connectivity index (χ0) is 42.3. The van der Waals surface area contributed by atoms with Gasteiger partial charge in [0.1, 0.15) is 16.7 Å². The highest BCUT2D eigenvalue weighted by Gasteiger charge is 2.46. The number of hydrogen-bond donors (Lipinski definition) is 0. The summed E-state index contributed by atoms with van der Waals surface area (Å²) in [5.41, 5.74) is 25.5. The fraction of sp³-hybridized carbons (Fsp3) is 0.115. The van der Waals surface area contributed by atoms with Crippen molar-refractivity contribution in [2.75, 3.05) is 4.90 Å². The van der Waals surface area contributed by atoms with E-state index in [0.717, 1.165) is 57.4 Å². The van der Waals surface area contributed by atoms with E-state index in [1.807, 2.05) is 0 Å². The van der Waals surface area contributed by atoms with E-state index in [1.165, 1.54) is 66.1 Å². The lowest BCUT2D eigenvalue weighted by molar-refractivity contribution is 0.567. The molecule has 0 radical (unpaired) electrons. The molecule has 12 rings (SSSR count). The van der Waals surface area contributed by atoms with Gasteiger partial charge in [-0.25, -0.2) is 0 Å². The van der Waals surface area contributed by atoms with Crippen LogP contribution in [0, 0.1) is 5.41 Å². The number of fused-ring (bicyclic) bond motifs is 8. The van der Waals surface area contributed by atoms with Crippen LogP contribution in [0.5, 0.6) is 0 Å². The van der Waals surface area contributed by atoms with Crippen molar-refractivity contribution in [3.63, 3.8) is 0 Å². The maximum absolute atomic E-state index is 6.60. The number of furan rings is 1. The van der Waals surface area contributed by atoms with Crippen LogP contribution in [0.15, 0.2) is 204 Å². The van der Waals surface area contributed by atoms with Gasteiger partial charge in [0.2, 0.25) is 0 Å². The SMILES string of the molecule is CC(C)(C)C1=C=C=C(N(c2ccc3c(c2)-c2ccccc2C3(c2ccccc2)c2ccccc2)c2ccc3ccccc3c2C2=c3c(oc4ccccc34)=CCC2)c2ccccc21. The Morgan fingerprint density at radius 2 is 1.19 bits per heavy atom. The lowest BCUT2D eigenvalue weighted by Crippen LogP contribution is -2.28. The number of rotatable bonds is 6. The van der Waals surface area contributed by atoms with E-state index in [9.17, 15) is 0 Å². The van der Waals surface area contributed by atoms with Gasteiger partial charge in [-0.2, -0.15) is 0 Å². The third-order valence-corrected chi connectivity index (χ3v) is 13.5. The Morgan fingerprint density at radius 1 is 0.556 bits per heavy atom. The van der Waals surface area contributed by atoms with Crippen LogP contribution >= 0.6 is 0 Å². The summed E-state index contributed by atoms with van der Waals surface area (Å²) in [6.45, 7) is 6.81. The number of para-hydroxylation sites is 1. The van der Waals surface area contributed by atoms with Gasteiger partial charge < -0.3 is 9.32 Å². The summed E-state index contributed by atoms with van der Waals surface area (Å²) in [5, 5.41) is 4.76. The summed E-state index contributed by atoms with van der Waals surface area (Å²) in [6, 6.07) is 69.1. The Kier molecular flexibility index (Phi) is 8.40. The molecule has 0 fully saturated rings. The van der Waals surface area contributed by atoms with Crippen LogP contribution in [-0.2, 0) is 5.41 Å². The van der Waals surface area contributed by atoms with Crippen LogP contribution in [0.1, 0.15) is 72.6 Å². The predicted molar refractivity (Wildman–Crippen MR) is 261 cm³/mol. The van der Waals surface area contributed by atoms with Gasteiger partial charge >= 0.3 is 0 Å². The topological polar surface area (TPSA) is 16.4 Å². The molecule has 0 bridgehead atoms. The first-order chi connectivity index (χ1) is 30.9. The van der Waals surface area contributed by atoms with Crippen LogP contribution < -0.4 is 15.5 Å². The molecule has 3 aliphatic rings. The average molecular weight is 808 g/mol. The van der Waals surface area contributed by atoms with Gasteiger partial charge in [0.05, 0.1) is 11.1 Å². The third kappa shape index (κ3) is 5.59. The molecule has 0 saturated heterocycles. The van der Waals surface area contributed by atoms with Gasteiger partial charge in [-0.05, 0) is 110 Å². The molecular weight excluding hydrogens is 763 g/mol. The number of hydrogen-bond acceptors (Lipinski definition) is 2. The summed E-state index contributed by atoms with van der Waals surface area (Å²) >= 11 is 0. The summed E-state index contributed by atoms with van der Waals surface area (Å²) in [4.78, 5) is 2.48. The first-order valence-electron chi connectivity index (χ1n) is 22.2. The van der Waals surface area contributed by atoms with E-state index in [0.29, 0.717) is 0 Å². The van der Waals surface area contributed by atoms with Crippen molar-refractivity contribution in [2.24, 2.45) is 5.41 Å². The smallest absolute Gasteiger partial charge is 0.135 e. The Hall–Kier alpha value is -7.60. The van der Waals surface area contributed by atoms with E-state index in [-0.39, 0.29) is 5.41 Å². The van der Waals surface area contributed by atoms with Gasteiger partial charge in [0.25, 0.3) is 0 Å². The highest BCUT2D eigenvalue weighted by molar-refractivity contribution is 6.06. The lowest BCUT2D eigenvalue weighted by Gasteiger charge is -2.35. The molecule has 0 N–H and O–H groups in total. The lowest BCUT2D eigenvalue weighted by atomic mass is 9.68. The van der Waals surface area contributed by atoms with Crippen molar-refractivity contribution in [3.05, 3.63) is 249 Å². The van der Waals surface area contributed by atoms with Crippen molar-refractivity contribution in [1.82, 2.24) is 0 Å². The van der Waals surface area contributed by atoms with Gasteiger partial charge in [0, 0.05) is 33.0 Å². The molecular formula is C61H45NO. The van der Waals surface area contributed by atoms with Gasteiger partial charge in [-0.15, -0.1) is 0 Å². The number of anilines is 2. The summed E-state index contributed by atoms with van der Waals surface area (Å²) in [5.74, 6) is 0. The molecule has 0 amide bonds.